The lowest BCUT2D eigenvalue weighted by Gasteiger charge is -2.11. The summed E-state index contributed by atoms with van der Waals surface area (Å²) in [6, 6.07) is 13.4. The van der Waals surface area contributed by atoms with Gasteiger partial charge < -0.3 is 5.32 Å². The predicted octanol–water partition coefficient (Wildman–Crippen LogP) is 2.95. The molecule has 0 aliphatic rings. The van der Waals surface area contributed by atoms with Crippen molar-refractivity contribution in [2.24, 2.45) is 0 Å². The van der Waals surface area contributed by atoms with Gasteiger partial charge in [-0.05, 0) is 17.7 Å². The van der Waals surface area contributed by atoms with Crippen LogP contribution >= 0.6 is 15.9 Å². The number of benzene rings is 1. The molecule has 0 aliphatic heterocycles. The highest BCUT2D eigenvalue weighted by Crippen LogP contribution is 2.21. The first-order valence-electron chi connectivity index (χ1n) is 5.64. The van der Waals surface area contributed by atoms with Crippen LogP contribution in [0.3, 0.4) is 0 Å². The number of aromatic nitrogens is 1. The second-order valence-electron chi connectivity index (χ2n) is 3.82. The Labute approximate surface area is 114 Å². The molecule has 4 heteroatoms. The van der Waals surface area contributed by atoms with Crippen LogP contribution in [0.5, 0.6) is 0 Å². The maximum absolute atomic E-state index is 11.8. The summed E-state index contributed by atoms with van der Waals surface area (Å²) in [5.41, 5.74) is 1.77. The van der Waals surface area contributed by atoms with Crippen molar-refractivity contribution in [2.75, 3.05) is 6.54 Å². The molecule has 1 heterocycles. The number of nitrogens with zero attached hydrogens (tertiary/aromatic N) is 1. The quantitative estimate of drug-likeness (QED) is 0.883. The third-order valence-electron chi connectivity index (χ3n) is 2.55. The second kappa shape index (κ2) is 6.31. The van der Waals surface area contributed by atoms with Gasteiger partial charge in [-0.3, -0.25) is 9.78 Å². The molecule has 0 fully saturated rings. The van der Waals surface area contributed by atoms with Crippen molar-refractivity contribution in [2.45, 2.75) is 4.83 Å². The number of hydrogen-bond acceptors (Lipinski definition) is 2. The fourth-order valence-corrected chi connectivity index (χ4v) is 2.03. The van der Waals surface area contributed by atoms with E-state index in [9.17, 15) is 4.79 Å². The lowest BCUT2D eigenvalue weighted by Crippen LogP contribution is -2.26. The Morgan fingerprint density at radius 2 is 1.83 bits per heavy atom. The van der Waals surface area contributed by atoms with Crippen LogP contribution in [0.25, 0.3) is 0 Å². The minimum Gasteiger partial charge on any atom is -0.351 e. The summed E-state index contributed by atoms with van der Waals surface area (Å²) in [4.78, 5) is 15.8. The van der Waals surface area contributed by atoms with Crippen LogP contribution in [-0.2, 0) is 0 Å². The van der Waals surface area contributed by atoms with Crippen molar-refractivity contribution in [3.05, 3.63) is 66.0 Å². The van der Waals surface area contributed by atoms with Crippen molar-refractivity contribution in [1.82, 2.24) is 10.3 Å². The molecular weight excluding hydrogens is 292 g/mol. The number of carbonyl (C=O) groups excluding carboxylic acids is 1. The first kappa shape index (κ1) is 12.8. The van der Waals surface area contributed by atoms with Crippen LogP contribution in [0.15, 0.2) is 54.9 Å². The van der Waals surface area contributed by atoms with Gasteiger partial charge in [0.1, 0.15) is 0 Å². The molecular formula is C14H13BrN2O. The van der Waals surface area contributed by atoms with Crippen LogP contribution < -0.4 is 5.32 Å². The van der Waals surface area contributed by atoms with Crippen molar-refractivity contribution in [3.63, 3.8) is 0 Å². The monoisotopic (exact) mass is 304 g/mol. The van der Waals surface area contributed by atoms with Gasteiger partial charge in [-0.1, -0.05) is 46.3 Å². The Hall–Kier alpha value is -1.68. The van der Waals surface area contributed by atoms with E-state index in [1.165, 1.54) is 0 Å². The Kier molecular flexibility index (Phi) is 4.47. The van der Waals surface area contributed by atoms with Crippen LogP contribution in [-0.4, -0.2) is 17.4 Å². The highest BCUT2D eigenvalue weighted by atomic mass is 79.9. The zero-order chi connectivity index (χ0) is 12.8. The zero-order valence-corrected chi connectivity index (χ0v) is 11.3. The Bertz CT molecular complexity index is 502. The molecule has 1 aromatic heterocycles. The van der Waals surface area contributed by atoms with E-state index in [4.69, 9.17) is 0 Å². The molecule has 2 rings (SSSR count). The van der Waals surface area contributed by atoms with Crippen molar-refractivity contribution < 1.29 is 4.79 Å². The van der Waals surface area contributed by atoms with E-state index in [1.807, 2.05) is 30.3 Å². The highest BCUT2D eigenvalue weighted by molar-refractivity contribution is 9.09. The van der Waals surface area contributed by atoms with E-state index in [1.54, 1.807) is 24.5 Å². The summed E-state index contributed by atoms with van der Waals surface area (Å²) in [7, 11) is 0. The molecule has 1 atom stereocenters. The topological polar surface area (TPSA) is 42.0 Å². The number of amides is 1. The number of rotatable bonds is 4. The molecule has 92 valence electrons. The molecule has 0 aliphatic carbocycles. The summed E-state index contributed by atoms with van der Waals surface area (Å²) in [5.74, 6) is -0.0854. The van der Waals surface area contributed by atoms with Gasteiger partial charge in [0.05, 0.1) is 4.83 Å². The predicted molar refractivity (Wildman–Crippen MR) is 74.7 cm³/mol. The summed E-state index contributed by atoms with van der Waals surface area (Å²) in [6.45, 7) is 0.547. The normalized spacial score (nSPS) is 11.8. The second-order valence-corrected chi connectivity index (χ2v) is 4.93. The number of carbonyl (C=O) groups is 1. The lowest BCUT2D eigenvalue weighted by molar-refractivity contribution is 0.0954. The average molecular weight is 305 g/mol. The van der Waals surface area contributed by atoms with Crippen LogP contribution in [0.4, 0.5) is 0 Å². The number of halogens is 1. The zero-order valence-electron chi connectivity index (χ0n) is 9.71. The van der Waals surface area contributed by atoms with Crippen LogP contribution in [0.2, 0.25) is 0 Å². The molecule has 3 nitrogen and oxygen atoms in total. The van der Waals surface area contributed by atoms with Gasteiger partial charge in [-0.15, -0.1) is 0 Å². The SMILES string of the molecule is O=C(NCC(Br)c1ccccc1)c1ccncc1. The first-order chi connectivity index (χ1) is 8.77. The van der Waals surface area contributed by atoms with E-state index in [0.717, 1.165) is 5.56 Å². The minimum atomic E-state index is -0.0854. The van der Waals surface area contributed by atoms with Gasteiger partial charge in [0.25, 0.3) is 5.91 Å². The van der Waals surface area contributed by atoms with E-state index in [0.29, 0.717) is 12.1 Å². The van der Waals surface area contributed by atoms with Gasteiger partial charge in [-0.25, -0.2) is 0 Å². The van der Waals surface area contributed by atoms with Gasteiger partial charge in [0.15, 0.2) is 0 Å². The lowest BCUT2D eigenvalue weighted by atomic mass is 10.1. The molecule has 1 unspecified atom stereocenters. The Morgan fingerprint density at radius 3 is 2.50 bits per heavy atom. The van der Waals surface area contributed by atoms with Gasteiger partial charge >= 0.3 is 0 Å². The summed E-state index contributed by atoms with van der Waals surface area (Å²) in [5, 5.41) is 2.88. The van der Waals surface area contributed by atoms with E-state index >= 15 is 0 Å². The maximum atomic E-state index is 11.8. The summed E-state index contributed by atoms with van der Waals surface area (Å²) in [6.07, 6.45) is 3.22. The third-order valence-corrected chi connectivity index (χ3v) is 3.40. The number of hydrogen-bond donors (Lipinski definition) is 1. The molecule has 1 aromatic carbocycles. The molecule has 0 spiro atoms. The van der Waals surface area contributed by atoms with Gasteiger partial charge in [0.2, 0.25) is 0 Å². The number of nitrogens with one attached hydrogen (secondary N) is 1. The van der Waals surface area contributed by atoms with E-state index in [2.05, 4.69) is 26.2 Å². The van der Waals surface area contributed by atoms with Crippen molar-refractivity contribution in [1.29, 1.82) is 0 Å². The molecule has 0 saturated carbocycles. The Balaban J connectivity index is 1.91. The Morgan fingerprint density at radius 1 is 1.17 bits per heavy atom. The molecule has 0 radical (unpaired) electrons. The number of pyridine rings is 1. The van der Waals surface area contributed by atoms with E-state index in [-0.39, 0.29) is 10.7 Å². The van der Waals surface area contributed by atoms with Crippen LogP contribution in [0.1, 0.15) is 20.7 Å². The van der Waals surface area contributed by atoms with Crippen LogP contribution in [0, 0.1) is 0 Å². The summed E-state index contributed by atoms with van der Waals surface area (Å²) < 4.78 is 0. The molecule has 2 aromatic rings. The average Bonchev–Trinajstić information content (AvgIpc) is 2.46. The molecule has 1 amide bonds. The smallest absolute Gasteiger partial charge is 0.251 e. The molecule has 18 heavy (non-hydrogen) atoms. The van der Waals surface area contributed by atoms with Gasteiger partial charge in [-0.2, -0.15) is 0 Å². The van der Waals surface area contributed by atoms with Gasteiger partial charge in [0, 0.05) is 24.5 Å². The fourth-order valence-electron chi connectivity index (χ4n) is 1.57. The summed E-state index contributed by atoms with van der Waals surface area (Å²) >= 11 is 3.56. The maximum Gasteiger partial charge on any atom is 0.251 e. The van der Waals surface area contributed by atoms with E-state index < -0.39 is 0 Å². The van der Waals surface area contributed by atoms with Crippen molar-refractivity contribution in [3.8, 4) is 0 Å². The van der Waals surface area contributed by atoms with Crippen molar-refractivity contribution >= 4 is 21.8 Å². The molecule has 1 N–H and O–H groups in total. The third kappa shape index (κ3) is 3.40. The first-order valence-corrected chi connectivity index (χ1v) is 6.56. The standard InChI is InChI=1S/C14H13BrN2O/c15-13(11-4-2-1-3-5-11)10-17-14(18)12-6-8-16-9-7-12/h1-9,13H,10H2,(H,17,18). The number of alkyl halides is 1. The molecule has 0 bridgehead atoms. The largest absolute Gasteiger partial charge is 0.351 e. The fraction of sp³-hybridized carbons (Fsp3) is 0.143. The molecule has 0 saturated heterocycles. The highest BCUT2D eigenvalue weighted by Gasteiger charge is 2.09. The minimum absolute atomic E-state index is 0.0854.